The number of benzene rings is 4. The molecule has 2 aliphatic heterocycles. The zero-order valence-electron chi connectivity index (χ0n) is 13.1. The van der Waals surface area contributed by atoms with Gasteiger partial charge in [0, 0.05) is 0 Å². The maximum absolute atomic E-state index is 2.38. The Kier molecular flexibility index (Phi) is 2.33. The first-order valence-corrected chi connectivity index (χ1v) is 8.38. The molecule has 0 aromatic heterocycles. The van der Waals surface area contributed by atoms with E-state index in [0.29, 0.717) is 0 Å². The molecule has 0 unspecified atom stereocenters. The van der Waals surface area contributed by atoms with Gasteiger partial charge in [-0.2, -0.15) is 0 Å². The molecule has 0 aliphatic carbocycles. The van der Waals surface area contributed by atoms with E-state index in [4.69, 9.17) is 0 Å². The fraction of sp³-hybridized carbons (Fsp3) is 0. The van der Waals surface area contributed by atoms with Crippen LogP contribution in [0.2, 0.25) is 0 Å². The van der Waals surface area contributed by atoms with E-state index in [9.17, 15) is 0 Å². The lowest BCUT2D eigenvalue weighted by atomic mass is 9.56. The SMILES string of the molecule is [B]1c2ccccc2-c2ccc3c(c21)[B]c1c-3ccc2ccccc12. The molecule has 0 saturated carbocycles. The molecule has 0 spiro atoms. The van der Waals surface area contributed by atoms with Gasteiger partial charge < -0.3 is 0 Å². The Hall–Kier alpha value is -2.73. The first-order chi connectivity index (χ1) is 11.9. The van der Waals surface area contributed by atoms with E-state index in [1.165, 1.54) is 54.9 Å². The molecule has 0 nitrogen and oxygen atoms in total. The Morgan fingerprint density at radius 3 is 2.08 bits per heavy atom. The second-order valence-electron chi connectivity index (χ2n) is 6.61. The van der Waals surface area contributed by atoms with Gasteiger partial charge in [-0.3, -0.25) is 0 Å². The van der Waals surface area contributed by atoms with Crippen molar-refractivity contribution in [1.82, 2.24) is 0 Å². The van der Waals surface area contributed by atoms with E-state index in [2.05, 4.69) is 87.4 Å². The van der Waals surface area contributed by atoms with E-state index in [1.54, 1.807) is 0 Å². The van der Waals surface area contributed by atoms with Gasteiger partial charge in [-0.05, 0) is 33.0 Å². The van der Waals surface area contributed by atoms with Crippen LogP contribution in [0.1, 0.15) is 0 Å². The Morgan fingerprint density at radius 2 is 1.12 bits per heavy atom. The van der Waals surface area contributed by atoms with Crippen molar-refractivity contribution in [2.75, 3.05) is 0 Å². The van der Waals surface area contributed by atoms with Gasteiger partial charge in [-0.1, -0.05) is 94.6 Å². The largest absolute Gasteiger partial charge is 0.193 e. The van der Waals surface area contributed by atoms with Crippen LogP contribution in [0, 0.1) is 0 Å². The second kappa shape index (κ2) is 4.42. The summed E-state index contributed by atoms with van der Waals surface area (Å²) in [4.78, 5) is 0. The van der Waals surface area contributed by atoms with Crippen LogP contribution in [-0.4, -0.2) is 14.6 Å². The monoisotopic (exact) mass is 298 g/mol. The summed E-state index contributed by atoms with van der Waals surface area (Å²) in [7, 11) is 4.72. The maximum Gasteiger partial charge on any atom is 0.193 e. The molecule has 0 bridgehead atoms. The van der Waals surface area contributed by atoms with E-state index in [0.717, 1.165) is 0 Å². The normalized spacial score (nSPS) is 12.8. The lowest BCUT2D eigenvalue weighted by Crippen LogP contribution is -2.39. The topological polar surface area (TPSA) is 0 Å². The summed E-state index contributed by atoms with van der Waals surface area (Å²) < 4.78 is 0. The van der Waals surface area contributed by atoms with Gasteiger partial charge in [-0.15, -0.1) is 0 Å². The van der Waals surface area contributed by atoms with Gasteiger partial charge in [0.05, 0.1) is 0 Å². The summed E-state index contributed by atoms with van der Waals surface area (Å²) in [5.41, 5.74) is 10.9. The van der Waals surface area contributed by atoms with Gasteiger partial charge in [-0.25, -0.2) is 0 Å². The standard InChI is InChI=1S/C22H12B2/c1-2-6-14-13(5-1)9-10-17-18-12-11-16-15-7-3-4-8-19(15)23-21(16)22(18)24-20(14)17/h1-12H. The summed E-state index contributed by atoms with van der Waals surface area (Å²) >= 11 is 0. The fourth-order valence-electron chi connectivity index (χ4n) is 4.27. The molecule has 0 fully saturated rings. The third-order valence-corrected chi connectivity index (χ3v) is 5.39. The molecule has 2 heteroatoms. The van der Waals surface area contributed by atoms with Crippen molar-refractivity contribution in [3.8, 4) is 22.3 Å². The van der Waals surface area contributed by atoms with Crippen LogP contribution in [0.25, 0.3) is 33.0 Å². The molecule has 0 N–H and O–H groups in total. The van der Waals surface area contributed by atoms with Crippen LogP contribution >= 0.6 is 0 Å². The minimum absolute atomic E-state index is 1.31. The Bertz CT molecular complexity index is 1160. The summed E-state index contributed by atoms with van der Waals surface area (Å²) in [6, 6.07) is 26.4. The third kappa shape index (κ3) is 1.51. The lowest BCUT2D eigenvalue weighted by molar-refractivity contribution is 1.71. The molecule has 2 heterocycles. The Balaban J connectivity index is 1.62. The molecule has 6 rings (SSSR count). The van der Waals surface area contributed by atoms with Gasteiger partial charge in [0.1, 0.15) is 0 Å². The fourth-order valence-corrected chi connectivity index (χ4v) is 4.27. The molecule has 0 amide bonds. The lowest BCUT2D eigenvalue weighted by Gasteiger charge is -2.08. The number of rotatable bonds is 0. The van der Waals surface area contributed by atoms with Crippen molar-refractivity contribution in [2.24, 2.45) is 0 Å². The number of fused-ring (bicyclic) bond motifs is 9. The molecule has 2 aliphatic rings. The average Bonchev–Trinajstić information content (AvgIpc) is 3.20. The van der Waals surface area contributed by atoms with Crippen molar-refractivity contribution in [3.05, 3.63) is 72.8 Å². The molecule has 4 aromatic rings. The van der Waals surface area contributed by atoms with Gasteiger partial charge in [0.2, 0.25) is 0 Å². The van der Waals surface area contributed by atoms with Gasteiger partial charge in [0.15, 0.2) is 14.6 Å². The summed E-state index contributed by atoms with van der Waals surface area (Å²) in [6.07, 6.45) is 0. The van der Waals surface area contributed by atoms with E-state index in [1.807, 2.05) is 0 Å². The van der Waals surface area contributed by atoms with Crippen molar-refractivity contribution in [2.45, 2.75) is 0 Å². The smallest absolute Gasteiger partial charge is 0.0788 e. The summed E-state index contributed by atoms with van der Waals surface area (Å²) in [5, 5.41) is 2.65. The summed E-state index contributed by atoms with van der Waals surface area (Å²) in [6.45, 7) is 0. The molecule has 0 atom stereocenters. The molecule has 4 aromatic carbocycles. The Labute approximate surface area is 142 Å². The highest BCUT2D eigenvalue weighted by Crippen LogP contribution is 2.28. The van der Waals surface area contributed by atoms with E-state index >= 15 is 0 Å². The highest BCUT2D eigenvalue weighted by Gasteiger charge is 2.29. The minimum atomic E-state index is 1.31. The quantitative estimate of drug-likeness (QED) is 0.377. The summed E-state index contributed by atoms with van der Waals surface area (Å²) in [5.74, 6) is 0. The maximum atomic E-state index is 2.38. The first kappa shape index (κ1) is 12.7. The molecular weight excluding hydrogens is 286 g/mol. The predicted octanol–water partition coefficient (Wildman–Crippen LogP) is 2.11. The van der Waals surface area contributed by atoms with Crippen LogP contribution < -0.4 is 21.9 Å². The van der Waals surface area contributed by atoms with Crippen LogP contribution in [-0.2, 0) is 0 Å². The first-order valence-electron chi connectivity index (χ1n) is 8.38. The van der Waals surface area contributed by atoms with Crippen LogP contribution in [0.3, 0.4) is 0 Å². The van der Waals surface area contributed by atoms with Crippen molar-refractivity contribution >= 4 is 47.2 Å². The van der Waals surface area contributed by atoms with Crippen molar-refractivity contribution in [3.63, 3.8) is 0 Å². The number of hydrogen-bond donors (Lipinski definition) is 0. The highest BCUT2D eigenvalue weighted by molar-refractivity contribution is 6.85. The molecule has 24 heavy (non-hydrogen) atoms. The predicted molar refractivity (Wildman–Crippen MR) is 105 cm³/mol. The van der Waals surface area contributed by atoms with Crippen LogP contribution in [0.4, 0.5) is 0 Å². The van der Waals surface area contributed by atoms with Crippen molar-refractivity contribution in [1.29, 1.82) is 0 Å². The zero-order chi connectivity index (χ0) is 15.7. The average molecular weight is 298 g/mol. The minimum Gasteiger partial charge on any atom is -0.0788 e. The van der Waals surface area contributed by atoms with Gasteiger partial charge >= 0.3 is 0 Å². The zero-order valence-corrected chi connectivity index (χ0v) is 13.1. The van der Waals surface area contributed by atoms with E-state index in [-0.39, 0.29) is 0 Å². The van der Waals surface area contributed by atoms with Crippen LogP contribution in [0.15, 0.2) is 72.8 Å². The number of hydrogen-bond acceptors (Lipinski definition) is 0. The van der Waals surface area contributed by atoms with Gasteiger partial charge in [0.25, 0.3) is 0 Å². The van der Waals surface area contributed by atoms with Crippen LogP contribution in [0.5, 0.6) is 0 Å². The second-order valence-corrected chi connectivity index (χ2v) is 6.61. The third-order valence-electron chi connectivity index (χ3n) is 5.39. The Morgan fingerprint density at radius 1 is 0.458 bits per heavy atom. The molecular formula is C22H12B2. The van der Waals surface area contributed by atoms with E-state index < -0.39 is 0 Å². The highest BCUT2D eigenvalue weighted by atomic mass is 14.2. The van der Waals surface area contributed by atoms with Crippen molar-refractivity contribution < 1.29 is 0 Å². The molecule has 2 radical (unpaired) electrons. The molecule has 106 valence electrons. The molecule has 0 saturated heterocycles.